The summed E-state index contributed by atoms with van der Waals surface area (Å²) in [6.45, 7) is 0. The second kappa shape index (κ2) is 29.5. The summed E-state index contributed by atoms with van der Waals surface area (Å²) in [6.07, 6.45) is 0. The third-order valence-electron chi connectivity index (χ3n) is 12.2. The molecule has 0 bridgehead atoms. The van der Waals surface area contributed by atoms with Crippen LogP contribution in [-0.4, -0.2) is 0 Å². The van der Waals surface area contributed by atoms with Crippen molar-refractivity contribution in [2.24, 2.45) is 0 Å². The maximum atomic E-state index is 2.23. The molecule has 0 spiro atoms. The molecule has 0 amide bonds. The maximum absolute atomic E-state index is 2.23. The Bertz CT molecular complexity index is 2580. The van der Waals surface area contributed by atoms with Gasteiger partial charge in [0, 0.05) is 1.43 Å². The minimum Gasteiger partial charge on any atom is -0.0622 e. The third kappa shape index (κ3) is 15.2. The van der Waals surface area contributed by atoms with Gasteiger partial charge in [-0.25, -0.2) is 0 Å². The Kier molecular flexibility index (Phi) is 20.6. The summed E-state index contributed by atoms with van der Waals surface area (Å²) in [5.74, 6) is 0. The molecule has 12 aromatic carbocycles. The van der Waals surface area contributed by atoms with E-state index in [0.717, 1.165) is 0 Å². The molecule has 0 aliphatic carbocycles. The van der Waals surface area contributed by atoms with Crippen LogP contribution in [0.5, 0.6) is 0 Å². The maximum Gasteiger partial charge on any atom is 0 e. The lowest BCUT2D eigenvalue weighted by molar-refractivity contribution is 1.74. The highest BCUT2D eigenvalue weighted by atomic mass is 31.1. The first-order valence-electron chi connectivity index (χ1n) is 25.6. The molecule has 4 heteroatoms. The van der Waals surface area contributed by atoms with Crippen LogP contribution in [0.15, 0.2) is 364 Å². The topological polar surface area (TPSA) is 0 Å². The molecule has 76 heavy (non-hydrogen) atoms. The summed E-state index contributed by atoms with van der Waals surface area (Å²) in [4.78, 5) is 0. The van der Waals surface area contributed by atoms with Crippen molar-refractivity contribution in [2.45, 2.75) is 0 Å². The van der Waals surface area contributed by atoms with Gasteiger partial charge in [-0.3, -0.25) is 0 Å². The first-order valence-corrected chi connectivity index (χ1v) is 31.0. The monoisotopic (exact) mass is 1050 g/mol. The SMILES string of the molecule is [HH].c1ccc(P(c2ccccc2)c2ccccc2)cc1.c1ccc(P(c2ccccc2)c2ccccc2)cc1.c1ccc(P(c2ccccc2)c2ccccc2)cc1.c1ccc(P(c2ccccc2)c2ccccc2)cc1. The molecule has 12 aromatic rings. The molecule has 12 rings (SSSR count). The second-order valence-corrected chi connectivity index (χ2v) is 26.2. The van der Waals surface area contributed by atoms with E-state index in [-0.39, 0.29) is 1.43 Å². The van der Waals surface area contributed by atoms with Gasteiger partial charge in [-0.05, 0) is 95.3 Å². The Hall–Kier alpha value is -7.64. The van der Waals surface area contributed by atoms with Crippen LogP contribution in [0.3, 0.4) is 0 Å². The van der Waals surface area contributed by atoms with Crippen LogP contribution >= 0.6 is 31.7 Å². The van der Waals surface area contributed by atoms with E-state index >= 15 is 0 Å². The Morgan fingerprint density at radius 1 is 0.105 bits per heavy atom. The Morgan fingerprint density at radius 3 is 0.237 bits per heavy atom. The molecule has 0 heterocycles. The van der Waals surface area contributed by atoms with Gasteiger partial charge in [0.1, 0.15) is 0 Å². The molecule has 0 nitrogen and oxygen atoms in total. The normalized spacial score (nSPS) is 10.6. The van der Waals surface area contributed by atoms with Gasteiger partial charge in [0.05, 0.1) is 0 Å². The van der Waals surface area contributed by atoms with Gasteiger partial charge in [-0.1, -0.05) is 364 Å². The molecule has 0 saturated carbocycles. The largest absolute Gasteiger partial charge is 0.0622 e. The third-order valence-corrected chi connectivity index (χ3v) is 21.9. The van der Waals surface area contributed by atoms with Gasteiger partial charge in [0.2, 0.25) is 0 Å². The molecule has 0 radical (unpaired) electrons. The van der Waals surface area contributed by atoms with Crippen LogP contribution in [0.2, 0.25) is 0 Å². The zero-order valence-corrected chi connectivity index (χ0v) is 46.0. The molecule has 0 N–H and O–H groups in total. The standard InChI is InChI=1S/4C18H15P.H2/c4*1-4-10-16(11-5-1)19(17-12-6-2-7-13-17)18-14-8-3-9-15-18;/h4*1-15H;1H. The van der Waals surface area contributed by atoms with Crippen LogP contribution in [0.25, 0.3) is 0 Å². The van der Waals surface area contributed by atoms with Crippen molar-refractivity contribution in [2.75, 3.05) is 0 Å². The molecule has 370 valence electrons. The van der Waals surface area contributed by atoms with E-state index in [1.54, 1.807) is 0 Å². The lowest BCUT2D eigenvalue weighted by Crippen LogP contribution is -2.20. The highest BCUT2D eigenvalue weighted by Gasteiger charge is 2.18. The van der Waals surface area contributed by atoms with Gasteiger partial charge in [-0.15, -0.1) is 0 Å². The fourth-order valence-electron chi connectivity index (χ4n) is 8.71. The van der Waals surface area contributed by atoms with Crippen LogP contribution in [-0.2, 0) is 0 Å². The average Bonchev–Trinajstić information content (AvgIpc) is 3.51. The molecule has 0 aliphatic heterocycles. The van der Waals surface area contributed by atoms with E-state index in [0.29, 0.717) is 0 Å². The van der Waals surface area contributed by atoms with E-state index in [1.807, 2.05) is 0 Å². The fourth-order valence-corrected chi connectivity index (χ4v) is 17.9. The van der Waals surface area contributed by atoms with Crippen molar-refractivity contribution in [1.82, 2.24) is 0 Å². The summed E-state index contributed by atoms with van der Waals surface area (Å²) < 4.78 is 0. The lowest BCUT2D eigenvalue weighted by atomic mass is 10.4. The second-order valence-electron chi connectivity index (χ2n) is 17.4. The molecule has 0 atom stereocenters. The molecule has 0 saturated heterocycles. The summed E-state index contributed by atoms with van der Waals surface area (Å²) in [5, 5.41) is 16.8. The summed E-state index contributed by atoms with van der Waals surface area (Å²) in [5.41, 5.74) is 0. The van der Waals surface area contributed by atoms with Gasteiger partial charge < -0.3 is 0 Å². The molecule has 0 aliphatic rings. The summed E-state index contributed by atoms with van der Waals surface area (Å²) >= 11 is 0. The van der Waals surface area contributed by atoms with Crippen molar-refractivity contribution < 1.29 is 1.43 Å². The molecule has 0 fully saturated rings. The molecular formula is C72H62P4. The van der Waals surface area contributed by atoms with Crippen molar-refractivity contribution >= 4 is 95.3 Å². The Morgan fingerprint density at radius 2 is 0.171 bits per heavy atom. The van der Waals surface area contributed by atoms with Gasteiger partial charge in [0.25, 0.3) is 0 Å². The summed E-state index contributed by atoms with van der Waals surface area (Å²) in [7, 11) is -1.78. The molecule has 0 aromatic heterocycles. The first kappa shape index (κ1) is 53.2. The highest BCUT2D eigenvalue weighted by molar-refractivity contribution is 7.81. The van der Waals surface area contributed by atoms with E-state index < -0.39 is 31.7 Å². The zero-order chi connectivity index (χ0) is 51.7. The van der Waals surface area contributed by atoms with Crippen molar-refractivity contribution in [3.63, 3.8) is 0 Å². The Labute approximate surface area is 458 Å². The van der Waals surface area contributed by atoms with Gasteiger partial charge >= 0.3 is 0 Å². The number of rotatable bonds is 12. The van der Waals surface area contributed by atoms with Crippen LogP contribution < -0.4 is 63.7 Å². The highest BCUT2D eigenvalue weighted by Crippen LogP contribution is 2.35. The van der Waals surface area contributed by atoms with Gasteiger partial charge in [0.15, 0.2) is 0 Å². The number of benzene rings is 12. The Balaban J connectivity index is 0.000000135. The average molecular weight is 1050 g/mol. The molecule has 0 unspecified atom stereocenters. The van der Waals surface area contributed by atoms with Crippen LogP contribution in [0.4, 0.5) is 0 Å². The lowest BCUT2D eigenvalue weighted by Gasteiger charge is -2.18. The number of hydrogen-bond donors (Lipinski definition) is 0. The van der Waals surface area contributed by atoms with E-state index in [9.17, 15) is 0 Å². The van der Waals surface area contributed by atoms with E-state index in [4.69, 9.17) is 0 Å². The minimum atomic E-state index is -0.446. The zero-order valence-electron chi connectivity index (χ0n) is 42.4. The predicted octanol–water partition coefficient (Wildman–Crippen LogP) is 14.0. The fraction of sp³-hybridized carbons (Fsp3) is 0. The van der Waals surface area contributed by atoms with Gasteiger partial charge in [-0.2, -0.15) is 0 Å². The smallest absolute Gasteiger partial charge is 0 e. The predicted molar refractivity (Wildman–Crippen MR) is 343 cm³/mol. The van der Waals surface area contributed by atoms with E-state index in [2.05, 4.69) is 364 Å². The number of hydrogen-bond acceptors (Lipinski definition) is 0. The van der Waals surface area contributed by atoms with Crippen LogP contribution in [0, 0.1) is 0 Å². The summed E-state index contributed by atoms with van der Waals surface area (Å²) in [6, 6.07) is 129. The molecular weight excluding hydrogens is 989 g/mol. The van der Waals surface area contributed by atoms with Crippen molar-refractivity contribution in [3.05, 3.63) is 364 Å². The van der Waals surface area contributed by atoms with Crippen molar-refractivity contribution in [1.29, 1.82) is 0 Å². The van der Waals surface area contributed by atoms with Crippen LogP contribution in [0.1, 0.15) is 1.43 Å². The quantitative estimate of drug-likeness (QED) is 0.107. The minimum absolute atomic E-state index is 0. The van der Waals surface area contributed by atoms with E-state index in [1.165, 1.54) is 63.7 Å². The van der Waals surface area contributed by atoms with Crippen molar-refractivity contribution in [3.8, 4) is 0 Å². The first-order chi connectivity index (χ1) is 37.8.